The number of rotatable bonds is 11. The smallest absolute Gasteiger partial charge is 0.336 e. The summed E-state index contributed by atoms with van der Waals surface area (Å²) in [5.74, 6) is -2.09. The summed E-state index contributed by atoms with van der Waals surface area (Å²) in [4.78, 5) is 24.3. The summed E-state index contributed by atoms with van der Waals surface area (Å²) in [5.41, 5.74) is 0.874. The van der Waals surface area contributed by atoms with Crippen molar-refractivity contribution >= 4 is 17.4 Å². The number of carbonyl (C=O) groups is 2. The number of unbranched alkanes of at least 4 members (excludes halogenated alkanes) is 3. The quantitative estimate of drug-likeness (QED) is 0.341. The van der Waals surface area contributed by atoms with Gasteiger partial charge >= 0.3 is 5.97 Å². The van der Waals surface area contributed by atoms with E-state index in [0.29, 0.717) is 4.48 Å². The molecule has 156 valence electrons. The number of carboxylic acids is 1. The van der Waals surface area contributed by atoms with Gasteiger partial charge in [0.2, 0.25) is 0 Å². The lowest BCUT2D eigenvalue weighted by atomic mass is 9.97. The van der Waals surface area contributed by atoms with Gasteiger partial charge in [0, 0.05) is 11.1 Å². The molecule has 0 aromatic heterocycles. The fraction of sp³-hybridized carbons (Fsp3) is 0.417. The van der Waals surface area contributed by atoms with Crippen LogP contribution in [0.4, 0.5) is 5.69 Å². The normalized spacial score (nSPS) is 11.4. The zero-order chi connectivity index (χ0) is 21.4. The Labute approximate surface area is 173 Å². The molecule has 0 aliphatic heterocycles. The van der Waals surface area contributed by atoms with Crippen LogP contribution in [-0.2, 0) is 0 Å². The van der Waals surface area contributed by atoms with Crippen LogP contribution in [0.25, 0.3) is 0 Å². The standard InChI is InChI=1S/C24H31NO4/c1-4-7-8-11-16-25(5-2,6-3)18-14-15-21(22(26)17-18)23(27)19-12-9-10-13-20(19)24(28)29/h9-10,12-15,17H,4-8,11,16H2,1-3H3,(H-,26,27,28,29). The van der Waals surface area contributed by atoms with E-state index in [1.54, 1.807) is 24.3 Å². The molecule has 5 nitrogen and oxygen atoms in total. The first-order valence-electron chi connectivity index (χ1n) is 10.4. The summed E-state index contributed by atoms with van der Waals surface area (Å²) < 4.78 is 0.707. The van der Waals surface area contributed by atoms with E-state index in [-0.39, 0.29) is 22.4 Å². The summed E-state index contributed by atoms with van der Waals surface area (Å²) in [6.07, 6.45) is 4.65. The van der Waals surface area contributed by atoms with Crippen molar-refractivity contribution in [3.63, 3.8) is 0 Å². The first-order valence-corrected chi connectivity index (χ1v) is 10.4. The van der Waals surface area contributed by atoms with E-state index in [2.05, 4.69) is 20.8 Å². The largest absolute Gasteiger partial charge is 0.872 e. The van der Waals surface area contributed by atoms with Crippen molar-refractivity contribution in [2.75, 3.05) is 19.6 Å². The van der Waals surface area contributed by atoms with Crippen molar-refractivity contribution in [1.82, 2.24) is 4.48 Å². The third kappa shape index (κ3) is 5.04. The highest BCUT2D eigenvalue weighted by molar-refractivity contribution is 6.15. The maximum Gasteiger partial charge on any atom is 0.336 e. The second-order valence-corrected chi connectivity index (χ2v) is 7.42. The zero-order valence-electron chi connectivity index (χ0n) is 17.6. The SMILES string of the molecule is CCCCCC[N+](CC)(CC)c1ccc(C(=O)c2ccccc2C(=O)O)c([O-])c1. The molecule has 0 saturated heterocycles. The van der Waals surface area contributed by atoms with Gasteiger partial charge in [0.25, 0.3) is 0 Å². The minimum atomic E-state index is -1.18. The van der Waals surface area contributed by atoms with Crippen LogP contribution >= 0.6 is 0 Å². The van der Waals surface area contributed by atoms with Crippen molar-refractivity contribution in [3.05, 3.63) is 59.2 Å². The number of carboxylic acid groups (broad SMARTS) is 1. The number of aromatic carboxylic acids is 1. The van der Waals surface area contributed by atoms with E-state index < -0.39 is 11.8 Å². The molecule has 0 aliphatic rings. The van der Waals surface area contributed by atoms with Crippen LogP contribution in [0.1, 0.15) is 72.7 Å². The Kier molecular flexibility index (Phi) is 7.97. The van der Waals surface area contributed by atoms with Crippen molar-refractivity contribution in [3.8, 4) is 5.75 Å². The number of quaternary nitrogens is 1. The third-order valence-corrected chi connectivity index (χ3v) is 5.81. The molecule has 0 radical (unpaired) electrons. The van der Waals surface area contributed by atoms with E-state index in [0.717, 1.165) is 31.7 Å². The minimum absolute atomic E-state index is 0.0127. The Morgan fingerprint density at radius 3 is 2.10 bits per heavy atom. The maximum absolute atomic E-state index is 12.9. The molecule has 29 heavy (non-hydrogen) atoms. The number of benzene rings is 2. The molecule has 0 amide bonds. The van der Waals surface area contributed by atoms with E-state index in [1.807, 2.05) is 6.07 Å². The number of hydrogen-bond donors (Lipinski definition) is 1. The van der Waals surface area contributed by atoms with Gasteiger partial charge in [-0.15, -0.1) is 0 Å². The summed E-state index contributed by atoms with van der Waals surface area (Å²) >= 11 is 0. The van der Waals surface area contributed by atoms with Gasteiger partial charge in [-0.05, 0) is 51.0 Å². The van der Waals surface area contributed by atoms with E-state index in [9.17, 15) is 19.8 Å². The second-order valence-electron chi connectivity index (χ2n) is 7.42. The first-order chi connectivity index (χ1) is 13.9. The van der Waals surface area contributed by atoms with Crippen LogP contribution in [-0.4, -0.2) is 36.5 Å². The maximum atomic E-state index is 12.9. The number of carbonyl (C=O) groups excluding carboxylic acids is 1. The molecule has 5 heteroatoms. The first kappa shape index (κ1) is 22.6. The molecule has 0 saturated carbocycles. The van der Waals surface area contributed by atoms with Crippen LogP contribution in [0, 0.1) is 0 Å². The van der Waals surface area contributed by atoms with Gasteiger partial charge in [0.1, 0.15) is 5.69 Å². The van der Waals surface area contributed by atoms with E-state index in [4.69, 9.17) is 0 Å². The van der Waals surface area contributed by atoms with Gasteiger partial charge in [0.05, 0.1) is 25.2 Å². The summed E-state index contributed by atoms with van der Waals surface area (Å²) in [7, 11) is 0. The Morgan fingerprint density at radius 2 is 1.55 bits per heavy atom. The van der Waals surface area contributed by atoms with Crippen LogP contribution in [0.15, 0.2) is 42.5 Å². The van der Waals surface area contributed by atoms with Crippen molar-refractivity contribution < 1.29 is 19.8 Å². The molecule has 2 aromatic carbocycles. The summed E-state index contributed by atoms with van der Waals surface area (Å²) in [5, 5.41) is 22.1. The Bertz CT molecular complexity index is 856. The van der Waals surface area contributed by atoms with Crippen LogP contribution in [0.5, 0.6) is 5.75 Å². The van der Waals surface area contributed by atoms with E-state index in [1.165, 1.54) is 31.4 Å². The molecule has 1 N–H and O–H groups in total. The van der Waals surface area contributed by atoms with E-state index >= 15 is 0 Å². The van der Waals surface area contributed by atoms with Gasteiger partial charge in [0.15, 0.2) is 5.78 Å². The van der Waals surface area contributed by atoms with Gasteiger partial charge < -0.3 is 10.2 Å². The minimum Gasteiger partial charge on any atom is -0.872 e. The molecule has 0 aliphatic carbocycles. The predicted octanol–water partition coefficient (Wildman–Crippen LogP) is 4.62. The highest BCUT2D eigenvalue weighted by atomic mass is 16.4. The van der Waals surface area contributed by atoms with Crippen molar-refractivity contribution in [1.29, 1.82) is 0 Å². The molecule has 0 bridgehead atoms. The molecule has 2 rings (SSSR count). The molecular weight excluding hydrogens is 366 g/mol. The molecule has 0 fully saturated rings. The lowest BCUT2D eigenvalue weighted by Gasteiger charge is -2.37. The Morgan fingerprint density at radius 1 is 0.897 bits per heavy atom. The van der Waals surface area contributed by atoms with Gasteiger partial charge in [-0.2, -0.15) is 0 Å². The number of hydrogen-bond acceptors (Lipinski definition) is 3. The average molecular weight is 398 g/mol. The highest BCUT2D eigenvalue weighted by Crippen LogP contribution is 2.30. The fourth-order valence-electron chi connectivity index (χ4n) is 3.88. The predicted molar refractivity (Wildman–Crippen MR) is 115 cm³/mol. The Hall–Kier alpha value is -2.66. The van der Waals surface area contributed by atoms with Crippen molar-refractivity contribution in [2.24, 2.45) is 0 Å². The zero-order valence-corrected chi connectivity index (χ0v) is 17.6. The van der Waals surface area contributed by atoms with Gasteiger partial charge in [-0.25, -0.2) is 4.79 Å². The van der Waals surface area contributed by atoms with Crippen molar-refractivity contribution in [2.45, 2.75) is 46.5 Å². The molecule has 0 spiro atoms. The number of nitrogens with zero attached hydrogens (tertiary/aromatic N) is 1. The van der Waals surface area contributed by atoms with Crippen LogP contribution < -0.4 is 9.59 Å². The summed E-state index contributed by atoms with van der Waals surface area (Å²) in [6, 6.07) is 11.0. The lowest BCUT2D eigenvalue weighted by molar-refractivity contribution is -0.268. The molecule has 0 unspecified atom stereocenters. The van der Waals surface area contributed by atoms with Gasteiger partial charge in [-0.1, -0.05) is 43.7 Å². The van der Waals surface area contributed by atoms with Crippen LogP contribution in [0.3, 0.4) is 0 Å². The lowest BCUT2D eigenvalue weighted by Crippen LogP contribution is -2.49. The molecule has 2 aromatic rings. The Balaban J connectivity index is 2.36. The second kappa shape index (κ2) is 10.2. The monoisotopic (exact) mass is 397 g/mol. The van der Waals surface area contributed by atoms with Gasteiger partial charge in [-0.3, -0.25) is 9.28 Å². The summed E-state index contributed by atoms with van der Waals surface area (Å²) in [6.45, 7) is 9.13. The topological polar surface area (TPSA) is 77.4 Å². The number of ketones is 1. The molecular formula is C24H31NO4. The fourth-order valence-corrected chi connectivity index (χ4v) is 3.88. The van der Waals surface area contributed by atoms with Crippen LogP contribution in [0.2, 0.25) is 0 Å². The average Bonchev–Trinajstić information content (AvgIpc) is 2.74. The third-order valence-electron chi connectivity index (χ3n) is 5.81. The molecule has 0 heterocycles. The molecule has 0 atom stereocenters. The highest BCUT2D eigenvalue weighted by Gasteiger charge is 2.27.